The van der Waals surface area contributed by atoms with Crippen LogP contribution in [0.1, 0.15) is 65.6 Å². The van der Waals surface area contributed by atoms with E-state index in [1.165, 1.54) is 12.1 Å². The van der Waals surface area contributed by atoms with Crippen molar-refractivity contribution in [1.29, 1.82) is 0 Å². The first kappa shape index (κ1) is 30.8. The molecule has 44 heavy (non-hydrogen) atoms. The molecular formula is C36H35F2NO5. The van der Waals surface area contributed by atoms with Crippen LogP contribution in [0.25, 0.3) is 10.9 Å². The van der Waals surface area contributed by atoms with E-state index < -0.39 is 23.6 Å². The van der Waals surface area contributed by atoms with Crippen LogP contribution < -0.4 is 4.74 Å². The van der Waals surface area contributed by atoms with Gasteiger partial charge >= 0.3 is 11.9 Å². The Morgan fingerprint density at radius 2 is 1.68 bits per heavy atom. The number of benzene rings is 3. The molecule has 0 atom stereocenters. The number of hydrogen-bond donors (Lipinski definition) is 2. The average molecular weight is 600 g/mol. The number of fused-ring (bicyclic) bond motifs is 1. The van der Waals surface area contributed by atoms with E-state index in [9.17, 15) is 28.6 Å². The lowest BCUT2D eigenvalue weighted by Gasteiger charge is -2.16. The first-order valence-electron chi connectivity index (χ1n) is 14.8. The van der Waals surface area contributed by atoms with Crippen molar-refractivity contribution in [2.45, 2.75) is 65.3 Å². The van der Waals surface area contributed by atoms with Crippen LogP contribution in [0.2, 0.25) is 0 Å². The highest BCUT2D eigenvalue weighted by molar-refractivity contribution is 5.93. The fraction of sp³-hybridized carbons (Fsp3) is 0.333. The Morgan fingerprint density at radius 1 is 0.955 bits per heavy atom. The van der Waals surface area contributed by atoms with Gasteiger partial charge in [-0.25, -0.2) is 8.78 Å². The Bertz CT molecular complexity index is 1770. The summed E-state index contributed by atoms with van der Waals surface area (Å²) in [5.74, 6) is 3.72. The van der Waals surface area contributed by atoms with Crippen LogP contribution in [0, 0.1) is 42.7 Å². The first-order valence-corrected chi connectivity index (χ1v) is 14.8. The van der Waals surface area contributed by atoms with Gasteiger partial charge in [0, 0.05) is 34.3 Å². The molecule has 2 N–H and O–H groups in total. The number of carboxylic acid groups (broad SMARTS) is 2. The molecule has 4 aromatic rings. The van der Waals surface area contributed by atoms with Crippen LogP contribution in [0.5, 0.6) is 5.75 Å². The number of ether oxygens (including phenoxy) is 1. The number of unbranched alkanes of at least 4 members (excludes halogenated alkanes) is 1. The third-order valence-electron chi connectivity index (χ3n) is 8.47. The van der Waals surface area contributed by atoms with Crippen molar-refractivity contribution in [2.75, 3.05) is 6.61 Å². The Kier molecular flexibility index (Phi) is 9.05. The molecule has 0 aliphatic heterocycles. The van der Waals surface area contributed by atoms with Crippen LogP contribution in [-0.2, 0) is 29.0 Å². The van der Waals surface area contributed by atoms with Crippen LogP contribution in [0.4, 0.5) is 8.78 Å². The summed E-state index contributed by atoms with van der Waals surface area (Å²) in [4.78, 5) is 23.3. The predicted molar refractivity (Wildman–Crippen MR) is 164 cm³/mol. The molecule has 0 radical (unpaired) electrons. The molecule has 1 fully saturated rings. The van der Waals surface area contributed by atoms with Gasteiger partial charge in [-0.05, 0) is 117 Å². The van der Waals surface area contributed by atoms with Gasteiger partial charge in [-0.15, -0.1) is 0 Å². The van der Waals surface area contributed by atoms with Gasteiger partial charge in [0.25, 0.3) is 0 Å². The standard InChI is InChI=1S/C36H35F2NO5/c1-23-18-30(37)31(38)19-27(23)6-3-4-17-44-28-13-10-25(11-14-28)9-12-26-7-5-8-32-35(26)29(20-33(40)41)24(2)39(32)22-36(15-16-36)21-34(42)43/h5,7-8,10-11,13-14,18-19H,3-4,6,15-17,20-22H2,1-2H3,(H,40,41)(H,42,43). The van der Waals surface area contributed by atoms with Gasteiger partial charge in [-0.2, -0.15) is 0 Å². The minimum Gasteiger partial charge on any atom is -0.494 e. The fourth-order valence-electron chi connectivity index (χ4n) is 5.84. The summed E-state index contributed by atoms with van der Waals surface area (Å²) in [7, 11) is 0. The number of rotatable bonds is 12. The van der Waals surface area contributed by atoms with Crippen LogP contribution in [0.3, 0.4) is 0 Å². The monoisotopic (exact) mass is 599 g/mol. The van der Waals surface area contributed by atoms with E-state index in [2.05, 4.69) is 16.4 Å². The van der Waals surface area contributed by atoms with E-state index >= 15 is 0 Å². The van der Waals surface area contributed by atoms with Crippen molar-refractivity contribution in [1.82, 2.24) is 4.57 Å². The van der Waals surface area contributed by atoms with Gasteiger partial charge in [-0.1, -0.05) is 17.9 Å². The molecule has 0 bridgehead atoms. The van der Waals surface area contributed by atoms with Gasteiger partial charge in [0.2, 0.25) is 0 Å². The molecule has 0 saturated heterocycles. The molecule has 1 aliphatic rings. The third kappa shape index (κ3) is 7.11. The zero-order valence-corrected chi connectivity index (χ0v) is 24.9. The summed E-state index contributed by atoms with van der Waals surface area (Å²) in [6, 6.07) is 15.6. The van der Waals surface area contributed by atoms with E-state index in [1.807, 2.05) is 49.4 Å². The van der Waals surface area contributed by atoms with E-state index in [0.29, 0.717) is 30.9 Å². The van der Waals surface area contributed by atoms with Gasteiger partial charge < -0.3 is 19.5 Å². The highest BCUT2D eigenvalue weighted by Gasteiger charge is 2.45. The first-order chi connectivity index (χ1) is 21.0. The molecule has 1 heterocycles. The summed E-state index contributed by atoms with van der Waals surface area (Å²) >= 11 is 0. The molecule has 6 nitrogen and oxygen atoms in total. The number of nitrogens with zero attached hydrogens (tertiary/aromatic N) is 1. The average Bonchev–Trinajstić information content (AvgIpc) is 3.68. The molecule has 5 rings (SSSR count). The summed E-state index contributed by atoms with van der Waals surface area (Å²) in [6.07, 6.45) is 3.81. The maximum atomic E-state index is 13.5. The normalized spacial score (nSPS) is 13.4. The second-order valence-electron chi connectivity index (χ2n) is 11.8. The molecule has 228 valence electrons. The van der Waals surface area contributed by atoms with Crippen molar-refractivity contribution in [3.63, 3.8) is 0 Å². The lowest BCUT2D eigenvalue weighted by molar-refractivity contribution is -0.138. The van der Waals surface area contributed by atoms with Gasteiger partial charge in [0.15, 0.2) is 11.6 Å². The molecule has 1 aliphatic carbocycles. The number of aryl methyl sites for hydroxylation is 2. The van der Waals surface area contributed by atoms with Crippen molar-refractivity contribution in [3.05, 3.63) is 99.7 Å². The van der Waals surface area contributed by atoms with E-state index in [-0.39, 0.29) is 18.3 Å². The fourth-order valence-corrected chi connectivity index (χ4v) is 5.84. The number of carbonyl (C=O) groups is 2. The molecule has 1 aromatic heterocycles. The second kappa shape index (κ2) is 12.9. The molecule has 8 heteroatoms. The summed E-state index contributed by atoms with van der Waals surface area (Å²) in [6.45, 7) is 4.70. The van der Waals surface area contributed by atoms with Crippen LogP contribution in [-0.4, -0.2) is 33.3 Å². The SMILES string of the molecule is Cc1cc(F)c(F)cc1CCCCOc1ccc(C#Cc2cccc3c2c(CC(=O)O)c(C)n3CC2(CC(=O)O)CC2)cc1. The van der Waals surface area contributed by atoms with Crippen molar-refractivity contribution in [2.24, 2.45) is 5.41 Å². The molecular weight excluding hydrogens is 564 g/mol. The maximum absolute atomic E-state index is 13.5. The topological polar surface area (TPSA) is 88.8 Å². The Hall–Kier alpha value is -4.64. The highest BCUT2D eigenvalue weighted by atomic mass is 19.2. The molecule has 1 saturated carbocycles. The largest absolute Gasteiger partial charge is 0.494 e. The minimum atomic E-state index is -0.934. The zero-order chi connectivity index (χ0) is 31.4. The molecule has 0 unspecified atom stereocenters. The van der Waals surface area contributed by atoms with Crippen molar-refractivity contribution >= 4 is 22.8 Å². The highest BCUT2D eigenvalue weighted by Crippen LogP contribution is 2.51. The molecule has 0 amide bonds. The lowest BCUT2D eigenvalue weighted by Crippen LogP contribution is -2.17. The number of carboxylic acids is 2. The second-order valence-corrected chi connectivity index (χ2v) is 11.8. The van der Waals surface area contributed by atoms with Gasteiger partial charge in [0.05, 0.1) is 19.4 Å². The van der Waals surface area contributed by atoms with Gasteiger partial charge in [0.1, 0.15) is 5.75 Å². The van der Waals surface area contributed by atoms with E-state index in [4.69, 9.17) is 4.74 Å². The number of halogens is 2. The summed E-state index contributed by atoms with van der Waals surface area (Å²) in [5, 5.41) is 19.9. The smallest absolute Gasteiger partial charge is 0.307 e. The van der Waals surface area contributed by atoms with Crippen molar-refractivity contribution < 1.29 is 33.3 Å². The van der Waals surface area contributed by atoms with Gasteiger partial charge in [-0.3, -0.25) is 9.59 Å². The van der Waals surface area contributed by atoms with E-state index in [0.717, 1.165) is 64.5 Å². The Morgan fingerprint density at radius 3 is 2.36 bits per heavy atom. The summed E-state index contributed by atoms with van der Waals surface area (Å²) < 4.78 is 34.8. The molecule has 0 spiro atoms. The minimum absolute atomic E-state index is 0.0938. The number of aromatic nitrogens is 1. The number of aliphatic carboxylic acids is 2. The Balaban J connectivity index is 1.27. The van der Waals surface area contributed by atoms with Crippen LogP contribution in [0.15, 0.2) is 54.6 Å². The van der Waals surface area contributed by atoms with Crippen molar-refractivity contribution in [3.8, 4) is 17.6 Å². The van der Waals surface area contributed by atoms with Crippen LogP contribution >= 0.6 is 0 Å². The van der Waals surface area contributed by atoms with E-state index in [1.54, 1.807) is 6.92 Å². The quantitative estimate of drug-likeness (QED) is 0.133. The summed E-state index contributed by atoms with van der Waals surface area (Å²) in [5.41, 5.74) is 5.14. The maximum Gasteiger partial charge on any atom is 0.307 e. The Labute approximate surface area is 255 Å². The lowest BCUT2D eigenvalue weighted by atomic mass is 10.0. The zero-order valence-electron chi connectivity index (χ0n) is 24.9. The predicted octanol–water partition coefficient (Wildman–Crippen LogP) is 7.22. The number of hydrogen-bond acceptors (Lipinski definition) is 3. The third-order valence-corrected chi connectivity index (χ3v) is 8.47. The molecule has 3 aromatic carbocycles.